The van der Waals surface area contributed by atoms with E-state index in [1.807, 2.05) is 19.2 Å². The SMILES string of the molecule is CC1CN(Cc2csc(C(=O)O)c2)CC(C)S1=O. The first-order valence-corrected chi connectivity index (χ1v) is 8.05. The molecule has 6 heteroatoms. The second-order valence-corrected chi connectivity index (χ2v) is 7.95. The number of carbonyl (C=O) groups is 1. The van der Waals surface area contributed by atoms with Crippen LogP contribution >= 0.6 is 11.3 Å². The second-order valence-electron chi connectivity index (χ2n) is 4.77. The minimum atomic E-state index is -0.868. The Bertz CT molecular complexity index is 458. The van der Waals surface area contributed by atoms with Gasteiger partial charge in [0, 0.05) is 40.9 Å². The third-order valence-corrected chi connectivity index (χ3v) is 5.95. The molecule has 18 heavy (non-hydrogen) atoms. The van der Waals surface area contributed by atoms with Gasteiger partial charge in [-0.15, -0.1) is 11.3 Å². The van der Waals surface area contributed by atoms with E-state index in [0.717, 1.165) is 25.2 Å². The minimum absolute atomic E-state index is 0.186. The minimum Gasteiger partial charge on any atom is -0.477 e. The molecular formula is C12H17NO3S2. The van der Waals surface area contributed by atoms with Crippen LogP contribution < -0.4 is 0 Å². The summed E-state index contributed by atoms with van der Waals surface area (Å²) in [5.41, 5.74) is 1.03. The first-order chi connectivity index (χ1) is 8.47. The van der Waals surface area contributed by atoms with Crippen molar-refractivity contribution in [3.63, 3.8) is 0 Å². The van der Waals surface area contributed by atoms with E-state index in [4.69, 9.17) is 5.11 Å². The zero-order valence-corrected chi connectivity index (χ0v) is 12.1. The van der Waals surface area contributed by atoms with Gasteiger partial charge in [0.2, 0.25) is 0 Å². The van der Waals surface area contributed by atoms with Crippen LogP contribution in [0.15, 0.2) is 11.4 Å². The average molecular weight is 287 g/mol. The van der Waals surface area contributed by atoms with E-state index in [0.29, 0.717) is 4.88 Å². The van der Waals surface area contributed by atoms with Gasteiger partial charge in [-0.1, -0.05) is 0 Å². The number of hydrogen-bond acceptors (Lipinski definition) is 4. The van der Waals surface area contributed by atoms with Gasteiger partial charge in [-0.25, -0.2) is 4.79 Å². The fourth-order valence-electron chi connectivity index (χ4n) is 2.30. The van der Waals surface area contributed by atoms with E-state index < -0.39 is 16.8 Å². The Kier molecular flexibility index (Phi) is 4.19. The zero-order valence-electron chi connectivity index (χ0n) is 10.5. The molecule has 1 aromatic heterocycles. The lowest BCUT2D eigenvalue weighted by Gasteiger charge is -2.34. The van der Waals surface area contributed by atoms with E-state index in [1.54, 1.807) is 6.07 Å². The molecule has 0 aliphatic carbocycles. The van der Waals surface area contributed by atoms with Crippen molar-refractivity contribution in [2.45, 2.75) is 30.9 Å². The fraction of sp³-hybridized carbons (Fsp3) is 0.583. The number of hydrogen-bond donors (Lipinski definition) is 1. The molecule has 2 rings (SSSR count). The van der Waals surface area contributed by atoms with Crippen molar-refractivity contribution in [2.24, 2.45) is 0 Å². The fourth-order valence-corrected chi connectivity index (χ4v) is 4.55. The maximum absolute atomic E-state index is 11.8. The molecule has 1 saturated heterocycles. The van der Waals surface area contributed by atoms with Gasteiger partial charge >= 0.3 is 5.97 Å². The predicted octanol–water partition coefficient (Wildman–Crippen LogP) is 1.79. The van der Waals surface area contributed by atoms with Gasteiger partial charge in [0.1, 0.15) is 4.88 Å². The molecule has 1 aliphatic rings. The van der Waals surface area contributed by atoms with Gasteiger partial charge in [0.25, 0.3) is 0 Å². The normalized spacial score (nSPS) is 29.3. The largest absolute Gasteiger partial charge is 0.477 e. The second kappa shape index (κ2) is 5.50. The molecular weight excluding hydrogens is 270 g/mol. The van der Waals surface area contributed by atoms with E-state index >= 15 is 0 Å². The molecule has 0 bridgehead atoms. The van der Waals surface area contributed by atoms with Gasteiger partial charge in [-0.3, -0.25) is 9.11 Å². The maximum Gasteiger partial charge on any atom is 0.345 e. The molecule has 2 atom stereocenters. The lowest BCUT2D eigenvalue weighted by atomic mass is 10.2. The summed E-state index contributed by atoms with van der Waals surface area (Å²) in [5, 5.41) is 11.1. The predicted molar refractivity (Wildman–Crippen MR) is 73.6 cm³/mol. The number of thiophene rings is 1. The van der Waals surface area contributed by atoms with Crippen LogP contribution in [0.2, 0.25) is 0 Å². The highest BCUT2D eigenvalue weighted by Gasteiger charge is 2.28. The summed E-state index contributed by atoms with van der Waals surface area (Å²) in [7, 11) is -0.744. The summed E-state index contributed by atoms with van der Waals surface area (Å²) in [5.74, 6) is -0.868. The number of nitrogens with zero attached hydrogens (tertiary/aromatic N) is 1. The highest BCUT2D eigenvalue weighted by atomic mass is 32.2. The summed E-state index contributed by atoms with van der Waals surface area (Å²) in [6.45, 7) is 6.39. The van der Waals surface area contributed by atoms with E-state index in [9.17, 15) is 9.00 Å². The molecule has 4 nitrogen and oxygen atoms in total. The molecule has 1 fully saturated rings. The van der Waals surface area contributed by atoms with Crippen LogP contribution in [0.25, 0.3) is 0 Å². The van der Waals surface area contributed by atoms with Gasteiger partial charge in [-0.2, -0.15) is 0 Å². The van der Waals surface area contributed by atoms with Crippen molar-refractivity contribution in [1.29, 1.82) is 0 Å². The zero-order chi connectivity index (χ0) is 13.3. The van der Waals surface area contributed by atoms with E-state index in [1.165, 1.54) is 11.3 Å². The van der Waals surface area contributed by atoms with Crippen molar-refractivity contribution >= 4 is 28.1 Å². The van der Waals surface area contributed by atoms with Crippen LogP contribution in [-0.2, 0) is 17.3 Å². The van der Waals surface area contributed by atoms with Crippen LogP contribution in [0, 0.1) is 0 Å². The molecule has 0 spiro atoms. The topological polar surface area (TPSA) is 57.6 Å². The molecule has 0 amide bonds. The molecule has 2 unspecified atom stereocenters. The van der Waals surface area contributed by atoms with E-state index in [-0.39, 0.29) is 10.5 Å². The van der Waals surface area contributed by atoms with Gasteiger partial charge < -0.3 is 5.11 Å². The molecule has 100 valence electrons. The van der Waals surface area contributed by atoms with Crippen LogP contribution in [0.1, 0.15) is 29.1 Å². The van der Waals surface area contributed by atoms with Crippen LogP contribution in [-0.4, -0.2) is 43.8 Å². The highest BCUT2D eigenvalue weighted by molar-refractivity contribution is 7.86. The van der Waals surface area contributed by atoms with Crippen LogP contribution in [0.4, 0.5) is 0 Å². The Balaban J connectivity index is 2.01. The van der Waals surface area contributed by atoms with Crippen molar-refractivity contribution in [2.75, 3.05) is 13.1 Å². The first kappa shape index (κ1) is 13.7. The highest BCUT2D eigenvalue weighted by Crippen LogP contribution is 2.20. The maximum atomic E-state index is 11.8. The van der Waals surface area contributed by atoms with Gasteiger partial charge in [-0.05, 0) is 30.9 Å². The Morgan fingerprint density at radius 3 is 2.61 bits per heavy atom. The van der Waals surface area contributed by atoms with Crippen molar-refractivity contribution < 1.29 is 14.1 Å². The van der Waals surface area contributed by atoms with Crippen molar-refractivity contribution in [3.05, 3.63) is 21.9 Å². The van der Waals surface area contributed by atoms with Crippen LogP contribution in [0.5, 0.6) is 0 Å². The molecule has 1 N–H and O–H groups in total. The standard InChI is InChI=1S/C12H17NO3S2/c1-8-4-13(5-9(2)18(8)16)6-10-3-11(12(14)15)17-7-10/h3,7-9H,4-6H2,1-2H3,(H,14,15). The quantitative estimate of drug-likeness (QED) is 0.921. The Hall–Kier alpha value is -0.720. The first-order valence-electron chi connectivity index (χ1n) is 5.90. The monoisotopic (exact) mass is 287 g/mol. The molecule has 2 heterocycles. The Morgan fingerprint density at radius 1 is 1.50 bits per heavy atom. The third-order valence-electron chi connectivity index (χ3n) is 3.09. The number of carboxylic acids is 1. The van der Waals surface area contributed by atoms with Gasteiger partial charge in [0.15, 0.2) is 0 Å². The number of aromatic carboxylic acids is 1. The smallest absolute Gasteiger partial charge is 0.345 e. The third kappa shape index (κ3) is 2.99. The number of carboxylic acid groups (broad SMARTS) is 1. The summed E-state index contributed by atoms with van der Waals surface area (Å²) >= 11 is 1.26. The van der Waals surface area contributed by atoms with Crippen molar-refractivity contribution in [3.8, 4) is 0 Å². The summed E-state index contributed by atoms with van der Waals surface area (Å²) in [6.07, 6.45) is 0. The number of rotatable bonds is 3. The Labute approximate surface area is 113 Å². The van der Waals surface area contributed by atoms with Gasteiger partial charge in [0.05, 0.1) is 0 Å². The molecule has 0 aromatic carbocycles. The summed E-state index contributed by atoms with van der Waals surface area (Å²) in [4.78, 5) is 13.4. The molecule has 0 saturated carbocycles. The molecule has 1 aromatic rings. The Morgan fingerprint density at radius 2 is 2.11 bits per heavy atom. The van der Waals surface area contributed by atoms with Crippen LogP contribution in [0.3, 0.4) is 0 Å². The lowest BCUT2D eigenvalue weighted by molar-refractivity contribution is 0.0702. The molecule has 1 aliphatic heterocycles. The molecule has 0 radical (unpaired) electrons. The summed E-state index contributed by atoms with van der Waals surface area (Å²) in [6, 6.07) is 1.73. The van der Waals surface area contributed by atoms with E-state index in [2.05, 4.69) is 4.90 Å². The average Bonchev–Trinajstić information content (AvgIpc) is 2.74. The summed E-state index contributed by atoms with van der Waals surface area (Å²) < 4.78 is 11.8. The van der Waals surface area contributed by atoms with Crippen molar-refractivity contribution in [1.82, 2.24) is 4.90 Å². The lowest BCUT2D eigenvalue weighted by Crippen LogP contribution is -2.46.